The summed E-state index contributed by atoms with van der Waals surface area (Å²) < 4.78 is 32.5. The van der Waals surface area contributed by atoms with Gasteiger partial charge in [0.2, 0.25) is 21.8 Å². The summed E-state index contributed by atoms with van der Waals surface area (Å²) in [5, 5.41) is 2.85. The third kappa shape index (κ3) is 8.07. The lowest BCUT2D eigenvalue weighted by molar-refractivity contribution is -0.140. The van der Waals surface area contributed by atoms with Crippen molar-refractivity contribution in [2.75, 3.05) is 30.8 Å². The van der Waals surface area contributed by atoms with Crippen molar-refractivity contribution in [1.82, 2.24) is 10.2 Å². The normalized spacial score (nSPS) is 11.9. The molecule has 0 radical (unpaired) electrons. The molecule has 1 N–H and O–H groups in total. The molecule has 0 heterocycles. The fourth-order valence-corrected chi connectivity index (χ4v) is 5.29. The number of anilines is 1. The van der Waals surface area contributed by atoms with Crippen LogP contribution in [0.5, 0.6) is 5.75 Å². The second-order valence-corrected chi connectivity index (χ2v) is 11.5. The first kappa shape index (κ1) is 29.7. The second kappa shape index (κ2) is 13.3. The summed E-state index contributed by atoms with van der Waals surface area (Å²) in [7, 11) is -2.44. The lowest BCUT2D eigenvalue weighted by Gasteiger charge is -2.33. The number of carbonyl (C=O) groups is 2. The quantitative estimate of drug-likeness (QED) is 0.369. The topological polar surface area (TPSA) is 96.0 Å². The average Bonchev–Trinajstić information content (AvgIpc) is 2.89. The molecule has 0 aliphatic rings. The molecule has 0 spiro atoms. The smallest absolute Gasteiger partial charge is 0.244 e. The van der Waals surface area contributed by atoms with E-state index in [2.05, 4.69) is 5.32 Å². The van der Waals surface area contributed by atoms with Crippen molar-refractivity contribution >= 4 is 27.5 Å². The van der Waals surface area contributed by atoms with Crippen molar-refractivity contribution in [3.63, 3.8) is 0 Å². The molecule has 0 saturated heterocycles. The van der Waals surface area contributed by atoms with Gasteiger partial charge in [-0.05, 0) is 49.6 Å². The summed E-state index contributed by atoms with van der Waals surface area (Å²) in [6, 6.07) is 21.4. The molecule has 0 bridgehead atoms. The maximum absolute atomic E-state index is 14.1. The summed E-state index contributed by atoms with van der Waals surface area (Å²) in [4.78, 5) is 29.0. The van der Waals surface area contributed by atoms with Gasteiger partial charge in [-0.1, -0.05) is 66.2 Å². The third-order valence-corrected chi connectivity index (χ3v) is 7.47. The molecule has 0 saturated carbocycles. The molecule has 2 amide bonds. The summed E-state index contributed by atoms with van der Waals surface area (Å²) in [5.41, 5.74) is 3.81. The molecule has 1 atom stereocenters. The Balaban J connectivity index is 2.08. The Labute approximate surface area is 231 Å². The van der Waals surface area contributed by atoms with Crippen molar-refractivity contribution < 1.29 is 22.7 Å². The van der Waals surface area contributed by atoms with Crippen molar-refractivity contribution in [1.29, 1.82) is 0 Å². The maximum atomic E-state index is 14.1. The third-order valence-electron chi connectivity index (χ3n) is 6.34. The highest BCUT2D eigenvalue weighted by atomic mass is 32.2. The zero-order valence-electron chi connectivity index (χ0n) is 23.2. The highest BCUT2D eigenvalue weighted by Gasteiger charge is 2.33. The van der Waals surface area contributed by atoms with Gasteiger partial charge in [-0.15, -0.1) is 0 Å². The van der Waals surface area contributed by atoms with Gasteiger partial charge < -0.3 is 15.0 Å². The lowest BCUT2D eigenvalue weighted by Crippen LogP contribution is -2.53. The highest BCUT2D eigenvalue weighted by molar-refractivity contribution is 7.92. The Morgan fingerprint density at radius 2 is 1.59 bits per heavy atom. The molecule has 0 fully saturated rings. The van der Waals surface area contributed by atoms with Crippen LogP contribution in [0.25, 0.3) is 0 Å². The summed E-state index contributed by atoms with van der Waals surface area (Å²) in [6.07, 6.45) is 1.33. The lowest BCUT2D eigenvalue weighted by atomic mass is 10.0. The van der Waals surface area contributed by atoms with Gasteiger partial charge >= 0.3 is 0 Å². The van der Waals surface area contributed by atoms with E-state index in [1.54, 1.807) is 18.2 Å². The van der Waals surface area contributed by atoms with Crippen LogP contribution >= 0.6 is 0 Å². The van der Waals surface area contributed by atoms with Crippen LogP contribution in [0.15, 0.2) is 72.8 Å². The molecule has 3 rings (SSSR count). The van der Waals surface area contributed by atoms with Crippen LogP contribution < -0.4 is 14.4 Å². The Morgan fingerprint density at radius 1 is 0.923 bits per heavy atom. The van der Waals surface area contributed by atoms with E-state index >= 15 is 0 Å². The minimum absolute atomic E-state index is 0.137. The Morgan fingerprint density at radius 3 is 2.21 bits per heavy atom. The number of likely N-dealkylation sites (N-methyl/N-ethyl adjacent to an activating group) is 1. The molecule has 9 heteroatoms. The standard InChI is InChI=1S/C30H37N3O5S/c1-6-31-30(35)27(19-24-12-8-7-9-13-24)32(20-25-14-10-11-22(2)17-25)29(34)21-33(39(5,36)37)26-18-23(3)15-16-28(26)38-4/h7-18,27H,6,19-21H2,1-5H3,(H,31,35)/t27-/m0/s1. The van der Waals surface area contributed by atoms with Crippen LogP contribution in [0.3, 0.4) is 0 Å². The zero-order chi connectivity index (χ0) is 28.6. The van der Waals surface area contributed by atoms with E-state index in [0.717, 1.165) is 32.8 Å². The van der Waals surface area contributed by atoms with Crippen molar-refractivity contribution in [3.8, 4) is 5.75 Å². The van der Waals surface area contributed by atoms with E-state index < -0.39 is 28.5 Å². The van der Waals surface area contributed by atoms with E-state index in [1.165, 1.54) is 12.0 Å². The van der Waals surface area contributed by atoms with Gasteiger partial charge in [0.15, 0.2) is 0 Å². The number of hydrogen-bond acceptors (Lipinski definition) is 5. The van der Waals surface area contributed by atoms with Gasteiger partial charge in [0.1, 0.15) is 18.3 Å². The number of rotatable bonds is 12. The molecular formula is C30H37N3O5S. The van der Waals surface area contributed by atoms with Gasteiger partial charge in [-0.25, -0.2) is 8.42 Å². The van der Waals surface area contributed by atoms with E-state index in [0.29, 0.717) is 12.3 Å². The number of amides is 2. The Kier molecular flexibility index (Phi) is 10.1. The van der Waals surface area contributed by atoms with Crippen LogP contribution in [-0.2, 0) is 32.6 Å². The number of nitrogens with zero attached hydrogens (tertiary/aromatic N) is 2. The minimum atomic E-state index is -3.89. The predicted octanol–water partition coefficient (Wildman–Crippen LogP) is 3.85. The summed E-state index contributed by atoms with van der Waals surface area (Å²) >= 11 is 0. The molecule has 0 aromatic heterocycles. The number of ether oxygens (including phenoxy) is 1. The summed E-state index contributed by atoms with van der Waals surface area (Å²) in [6.45, 7) is 5.65. The molecular weight excluding hydrogens is 514 g/mol. The highest BCUT2D eigenvalue weighted by Crippen LogP contribution is 2.31. The fourth-order valence-electron chi connectivity index (χ4n) is 4.44. The number of methoxy groups -OCH3 is 1. The van der Waals surface area contributed by atoms with E-state index in [-0.39, 0.29) is 24.6 Å². The number of aryl methyl sites for hydroxylation is 2. The van der Waals surface area contributed by atoms with Gasteiger partial charge in [-0.3, -0.25) is 13.9 Å². The average molecular weight is 552 g/mol. The van der Waals surface area contributed by atoms with Gasteiger partial charge in [0.05, 0.1) is 19.1 Å². The van der Waals surface area contributed by atoms with Gasteiger partial charge in [0.25, 0.3) is 0 Å². The molecule has 0 unspecified atom stereocenters. The number of benzene rings is 3. The predicted molar refractivity (Wildman–Crippen MR) is 154 cm³/mol. The second-order valence-electron chi connectivity index (χ2n) is 9.56. The van der Waals surface area contributed by atoms with Crippen LogP contribution in [-0.4, -0.2) is 57.6 Å². The van der Waals surface area contributed by atoms with E-state index in [4.69, 9.17) is 4.74 Å². The van der Waals surface area contributed by atoms with Crippen molar-refractivity contribution in [2.24, 2.45) is 0 Å². The zero-order valence-corrected chi connectivity index (χ0v) is 24.0. The molecule has 3 aromatic rings. The SMILES string of the molecule is CCNC(=O)[C@H](Cc1ccccc1)N(Cc1cccc(C)c1)C(=O)CN(c1cc(C)ccc1OC)S(C)(=O)=O. The molecule has 208 valence electrons. The molecule has 3 aromatic carbocycles. The van der Waals surface area contributed by atoms with Crippen molar-refractivity contribution in [2.45, 2.75) is 39.8 Å². The van der Waals surface area contributed by atoms with Crippen LogP contribution in [0.2, 0.25) is 0 Å². The van der Waals surface area contributed by atoms with Crippen LogP contribution in [0.1, 0.15) is 29.2 Å². The van der Waals surface area contributed by atoms with Gasteiger partial charge in [-0.2, -0.15) is 0 Å². The first-order valence-electron chi connectivity index (χ1n) is 12.8. The fraction of sp³-hybridized carbons (Fsp3) is 0.333. The molecule has 39 heavy (non-hydrogen) atoms. The molecule has 0 aliphatic heterocycles. The Bertz CT molecular complexity index is 1390. The monoisotopic (exact) mass is 551 g/mol. The number of nitrogens with one attached hydrogen (secondary N) is 1. The van der Waals surface area contributed by atoms with Crippen molar-refractivity contribution in [3.05, 3.63) is 95.1 Å². The van der Waals surface area contributed by atoms with Gasteiger partial charge in [0, 0.05) is 19.5 Å². The van der Waals surface area contributed by atoms with Crippen LogP contribution in [0, 0.1) is 13.8 Å². The molecule has 0 aliphatic carbocycles. The van der Waals surface area contributed by atoms with E-state index in [9.17, 15) is 18.0 Å². The number of hydrogen-bond donors (Lipinski definition) is 1. The number of sulfonamides is 1. The minimum Gasteiger partial charge on any atom is -0.495 e. The largest absolute Gasteiger partial charge is 0.495 e. The maximum Gasteiger partial charge on any atom is 0.244 e. The Hall–Kier alpha value is -3.85. The first-order chi connectivity index (χ1) is 18.5. The summed E-state index contributed by atoms with van der Waals surface area (Å²) in [5.74, 6) is -0.479. The van der Waals surface area contributed by atoms with Crippen LogP contribution in [0.4, 0.5) is 5.69 Å². The van der Waals surface area contributed by atoms with E-state index in [1.807, 2.05) is 75.4 Å². The first-order valence-corrected chi connectivity index (χ1v) is 14.7. The number of carbonyl (C=O) groups excluding carboxylic acids is 2. The molecule has 8 nitrogen and oxygen atoms in total.